The Balaban J connectivity index is 1.74. The average Bonchev–Trinajstić information content (AvgIpc) is 3.01. The molecule has 1 heterocycles. The van der Waals surface area contributed by atoms with Gasteiger partial charge < -0.3 is 10.0 Å². The molecular formula is C20H21ClN2O3. The van der Waals surface area contributed by atoms with Crippen LogP contribution in [0.1, 0.15) is 29.3 Å². The average molecular weight is 373 g/mol. The lowest BCUT2D eigenvalue weighted by Gasteiger charge is -2.27. The molecule has 1 aliphatic heterocycles. The van der Waals surface area contributed by atoms with E-state index in [-0.39, 0.29) is 22.5 Å². The molecule has 1 atom stereocenters. The smallest absolute Gasteiger partial charge is 0.337 e. The van der Waals surface area contributed by atoms with E-state index in [0.717, 1.165) is 24.2 Å². The van der Waals surface area contributed by atoms with Crippen LogP contribution in [0.5, 0.6) is 0 Å². The zero-order chi connectivity index (χ0) is 18.7. The van der Waals surface area contributed by atoms with Crippen molar-refractivity contribution in [3.05, 3.63) is 64.7 Å². The highest BCUT2D eigenvalue weighted by atomic mass is 35.5. The van der Waals surface area contributed by atoms with E-state index in [1.54, 1.807) is 12.1 Å². The number of aromatic carboxylic acids is 1. The van der Waals surface area contributed by atoms with Crippen molar-refractivity contribution in [1.82, 2.24) is 4.90 Å². The number of nitrogens with zero attached hydrogens (tertiary/aromatic N) is 2. The lowest BCUT2D eigenvalue weighted by Crippen LogP contribution is -2.41. The van der Waals surface area contributed by atoms with Crippen LogP contribution in [0.2, 0.25) is 5.02 Å². The summed E-state index contributed by atoms with van der Waals surface area (Å²) >= 11 is 6.07. The Hall–Kier alpha value is -2.37. The molecule has 2 aromatic carbocycles. The number of hydrogen-bond acceptors (Lipinski definition) is 3. The highest BCUT2D eigenvalue weighted by molar-refractivity contribution is 6.33. The molecule has 0 aromatic heterocycles. The van der Waals surface area contributed by atoms with Crippen LogP contribution in [0.4, 0.5) is 5.69 Å². The third-order valence-electron chi connectivity index (χ3n) is 4.74. The van der Waals surface area contributed by atoms with Crippen molar-refractivity contribution in [2.75, 3.05) is 18.0 Å². The van der Waals surface area contributed by atoms with Gasteiger partial charge in [0.05, 0.1) is 16.6 Å². The molecule has 0 bridgehead atoms. The Morgan fingerprint density at radius 1 is 1.27 bits per heavy atom. The van der Waals surface area contributed by atoms with Crippen LogP contribution < -0.4 is 4.90 Å². The van der Waals surface area contributed by atoms with E-state index >= 15 is 0 Å². The molecule has 1 N–H and O–H groups in total. The number of halogens is 1. The van der Waals surface area contributed by atoms with Crippen molar-refractivity contribution >= 4 is 29.2 Å². The molecule has 1 fully saturated rings. The van der Waals surface area contributed by atoms with Crippen LogP contribution in [0.25, 0.3) is 0 Å². The molecular weight excluding hydrogens is 352 g/mol. The topological polar surface area (TPSA) is 60.9 Å². The maximum absolute atomic E-state index is 12.9. The molecule has 1 aliphatic rings. The van der Waals surface area contributed by atoms with E-state index in [9.17, 15) is 9.59 Å². The molecule has 0 spiro atoms. The Bertz CT molecular complexity index is 810. The van der Waals surface area contributed by atoms with Crippen molar-refractivity contribution in [3.8, 4) is 0 Å². The number of carbonyl (C=O) groups excluding carboxylic acids is 1. The van der Waals surface area contributed by atoms with Gasteiger partial charge in [0.2, 0.25) is 5.91 Å². The summed E-state index contributed by atoms with van der Waals surface area (Å²) in [7, 11) is 0. The van der Waals surface area contributed by atoms with Gasteiger partial charge in [0.25, 0.3) is 0 Å². The minimum absolute atomic E-state index is 0.0886. The Morgan fingerprint density at radius 3 is 2.62 bits per heavy atom. The van der Waals surface area contributed by atoms with Gasteiger partial charge in [-0.2, -0.15) is 0 Å². The summed E-state index contributed by atoms with van der Waals surface area (Å²) in [6.45, 7) is 3.99. The van der Waals surface area contributed by atoms with E-state index in [4.69, 9.17) is 16.7 Å². The third kappa shape index (κ3) is 3.74. The molecule has 5 nitrogen and oxygen atoms in total. The van der Waals surface area contributed by atoms with E-state index < -0.39 is 5.97 Å². The minimum atomic E-state index is -1.04. The fourth-order valence-corrected chi connectivity index (χ4v) is 3.66. The first kappa shape index (κ1) is 18.4. The van der Waals surface area contributed by atoms with Gasteiger partial charge >= 0.3 is 5.97 Å². The predicted molar refractivity (Wildman–Crippen MR) is 102 cm³/mol. The summed E-state index contributed by atoms with van der Waals surface area (Å²) in [6.07, 6.45) is 0.766. The fraction of sp³-hybridized carbons (Fsp3) is 0.300. The lowest BCUT2D eigenvalue weighted by atomic mass is 10.1. The molecule has 2 aromatic rings. The van der Waals surface area contributed by atoms with Gasteiger partial charge in [0, 0.05) is 18.8 Å². The van der Waals surface area contributed by atoms with Gasteiger partial charge in [0.15, 0.2) is 0 Å². The number of likely N-dealkylation sites (N-methyl/N-ethyl adjacent to an activating group) is 1. The Kier molecular flexibility index (Phi) is 5.59. The van der Waals surface area contributed by atoms with Crippen LogP contribution in [-0.2, 0) is 11.3 Å². The molecule has 26 heavy (non-hydrogen) atoms. The number of rotatable bonds is 6. The summed E-state index contributed by atoms with van der Waals surface area (Å²) in [6, 6.07) is 14.4. The van der Waals surface area contributed by atoms with Gasteiger partial charge in [0.1, 0.15) is 0 Å². The zero-order valence-electron chi connectivity index (χ0n) is 14.6. The summed E-state index contributed by atoms with van der Waals surface area (Å²) in [5.74, 6) is -0.940. The quantitative estimate of drug-likeness (QED) is 0.840. The summed E-state index contributed by atoms with van der Waals surface area (Å²) < 4.78 is 0. The SMILES string of the molecule is CCN(Cc1ccc(C(=O)O)c(Cl)c1)C1CCN(c2ccccc2)C1=O. The molecule has 3 rings (SSSR count). The van der Waals surface area contributed by atoms with Crippen LogP contribution in [-0.4, -0.2) is 41.0 Å². The summed E-state index contributed by atoms with van der Waals surface area (Å²) in [5.41, 5.74) is 1.91. The summed E-state index contributed by atoms with van der Waals surface area (Å²) in [4.78, 5) is 27.9. The van der Waals surface area contributed by atoms with E-state index in [1.165, 1.54) is 6.07 Å². The first-order valence-corrected chi connectivity index (χ1v) is 9.01. The first-order valence-electron chi connectivity index (χ1n) is 8.63. The molecule has 0 radical (unpaired) electrons. The number of benzene rings is 2. The fourth-order valence-electron chi connectivity index (χ4n) is 3.38. The molecule has 0 saturated carbocycles. The molecule has 0 aliphatic carbocycles. The maximum atomic E-state index is 12.9. The largest absolute Gasteiger partial charge is 0.478 e. The molecule has 6 heteroatoms. The highest BCUT2D eigenvalue weighted by Crippen LogP contribution is 2.26. The monoisotopic (exact) mass is 372 g/mol. The van der Waals surface area contributed by atoms with Crippen LogP contribution >= 0.6 is 11.6 Å². The normalized spacial score (nSPS) is 17.1. The zero-order valence-corrected chi connectivity index (χ0v) is 15.3. The molecule has 1 saturated heterocycles. The van der Waals surface area contributed by atoms with Gasteiger partial charge in [-0.25, -0.2) is 4.79 Å². The van der Waals surface area contributed by atoms with Crippen molar-refractivity contribution in [1.29, 1.82) is 0 Å². The maximum Gasteiger partial charge on any atom is 0.337 e. The predicted octanol–water partition coefficient (Wildman–Crippen LogP) is 3.67. The van der Waals surface area contributed by atoms with Gasteiger partial charge in [-0.3, -0.25) is 9.69 Å². The Morgan fingerprint density at radius 2 is 2.00 bits per heavy atom. The number of hydrogen-bond donors (Lipinski definition) is 1. The first-order chi connectivity index (χ1) is 12.5. The molecule has 1 unspecified atom stereocenters. The summed E-state index contributed by atoms with van der Waals surface area (Å²) in [5, 5.41) is 9.30. The standard InChI is InChI=1S/C20H21ClN2O3/c1-2-22(13-14-8-9-16(20(25)26)17(21)12-14)18-10-11-23(19(18)24)15-6-4-3-5-7-15/h3-9,12,18H,2,10-11,13H2,1H3,(H,25,26). The van der Waals surface area contributed by atoms with Crippen molar-refractivity contribution < 1.29 is 14.7 Å². The molecule has 1 amide bonds. The van der Waals surface area contributed by atoms with Crippen LogP contribution in [0.3, 0.4) is 0 Å². The van der Waals surface area contributed by atoms with Crippen molar-refractivity contribution in [3.63, 3.8) is 0 Å². The number of amides is 1. The highest BCUT2D eigenvalue weighted by Gasteiger charge is 2.36. The van der Waals surface area contributed by atoms with Gasteiger partial charge in [-0.05, 0) is 42.8 Å². The number of para-hydroxylation sites is 1. The number of anilines is 1. The van der Waals surface area contributed by atoms with Crippen molar-refractivity contribution in [2.45, 2.75) is 25.9 Å². The van der Waals surface area contributed by atoms with Crippen molar-refractivity contribution in [2.24, 2.45) is 0 Å². The number of carbonyl (C=O) groups is 2. The van der Waals surface area contributed by atoms with E-state index in [0.29, 0.717) is 13.1 Å². The van der Waals surface area contributed by atoms with Gasteiger partial charge in [-0.15, -0.1) is 0 Å². The number of carboxylic acids is 1. The van der Waals surface area contributed by atoms with E-state index in [2.05, 4.69) is 4.90 Å². The Labute approximate surface area is 157 Å². The second-order valence-electron chi connectivity index (χ2n) is 6.31. The van der Waals surface area contributed by atoms with Gasteiger partial charge in [-0.1, -0.05) is 42.8 Å². The second kappa shape index (κ2) is 7.89. The van der Waals surface area contributed by atoms with Crippen LogP contribution in [0.15, 0.2) is 48.5 Å². The minimum Gasteiger partial charge on any atom is -0.478 e. The second-order valence-corrected chi connectivity index (χ2v) is 6.72. The number of carboxylic acid groups (broad SMARTS) is 1. The van der Waals surface area contributed by atoms with E-state index in [1.807, 2.05) is 42.2 Å². The van der Waals surface area contributed by atoms with Crippen LogP contribution in [0, 0.1) is 0 Å². The lowest BCUT2D eigenvalue weighted by molar-refractivity contribution is -0.121. The third-order valence-corrected chi connectivity index (χ3v) is 5.05. The molecule has 136 valence electrons.